The van der Waals surface area contributed by atoms with Crippen molar-refractivity contribution in [2.75, 3.05) is 0 Å². The molecule has 0 aliphatic rings. The Balaban J connectivity index is 2.35. The monoisotopic (exact) mass is 227 g/mol. The zero-order valence-electron chi connectivity index (χ0n) is 8.82. The number of nitrogens with zero attached hydrogens (tertiary/aromatic N) is 4. The van der Waals surface area contributed by atoms with Crippen molar-refractivity contribution in [3.63, 3.8) is 0 Å². The Morgan fingerprint density at radius 2 is 2.18 bits per heavy atom. The second-order valence-electron chi connectivity index (χ2n) is 3.14. The summed E-state index contributed by atoms with van der Waals surface area (Å²) in [5, 5.41) is 0. The van der Waals surface area contributed by atoms with Gasteiger partial charge < -0.3 is 10.3 Å². The Labute approximate surface area is 97.1 Å². The van der Waals surface area contributed by atoms with Crippen LogP contribution in [0.2, 0.25) is 0 Å². The molecule has 6 nitrogen and oxygen atoms in total. The van der Waals surface area contributed by atoms with Crippen LogP contribution in [0.15, 0.2) is 52.8 Å². The van der Waals surface area contributed by atoms with Crippen LogP contribution in [0.5, 0.6) is 0 Å². The van der Waals surface area contributed by atoms with Gasteiger partial charge in [0.25, 0.3) is 0 Å². The minimum absolute atomic E-state index is 0.169. The van der Waals surface area contributed by atoms with Gasteiger partial charge >= 0.3 is 0 Å². The molecule has 0 radical (unpaired) electrons. The van der Waals surface area contributed by atoms with Crippen LogP contribution >= 0.6 is 0 Å². The third kappa shape index (κ3) is 2.64. The lowest BCUT2D eigenvalue weighted by molar-refractivity contribution is 0.565. The third-order valence-corrected chi connectivity index (χ3v) is 2.02. The number of hydrogen-bond acceptors (Lipinski definition) is 3. The molecule has 0 amide bonds. The Kier molecular flexibility index (Phi) is 3.09. The predicted octanol–water partition coefficient (Wildman–Crippen LogP) is 1.15. The van der Waals surface area contributed by atoms with Crippen LogP contribution < -0.4 is 5.73 Å². The van der Waals surface area contributed by atoms with Gasteiger partial charge in [-0.05, 0) is 18.2 Å². The number of rotatable bonds is 2. The highest BCUT2D eigenvalue weighted by Gasteiger charge is 1.98. The van der Waals surface area contributed by atoms with E-state index in [0.29, 0.717) is 5.82 Å². The average Bonchev–Trinajstić information content (AvgIpc) is 2.83. The normalized spacial score (nSPS) is 10.9. The molecular formula is C11H9N5O. The number of nitrogens with two attached hydrogens (primary N) is 1. The fourth-order valence-electron chi connectivity index (χ4n) is 1.33. The highest BCUT2D eigenvalue weighted by molar-refractivity contribution is 5.85. The summed E-state index contributed by atoms with van der Waals surface area (Å²) in [6, 6.07) is 7.38. The van der Waals surface area contributed by atoms with Crippen molar-refractivity contribution in [1.29, 1.82) is 0 Å². The lowest BCUT2D eigenvalue weighted by Crippen LogP contribution is -2.06. The van der Waals surface area contributed by atoms with Crippen LogP contribution in [0.3, 0.4) is 0 Å². The van der Waals surface area contributed by atoms with Crippen molar-refractivity contribution >= 4 is 17.9 Å². The fraction of sp³-hybridized carbons (Fsp3) is 0. The first-order valence-electron chi connectivity index (χ1n) is 4.81. The molecule has 84 valence electrons. The third-order valence-electron chi connectivity index (χ3n) is 2.02. The number of guanidine groups is 1. The summed E-state index contributed by atoms with van der Waals surface area (Å²) >= 11 is 0. The highest BCUT2D eigenvalue weighted by Crippen LogP contribution is 2.14. The van der Waals surface area contributed by atoms with E-state index in [1.807, 2.05) is 35.2 Å². The Morgan fingerprint density at radius 1 is 1.41 bits per heavy atom. The van der Waals surface area contributed by atoms with E-state index in [4.69, 9.17) is 5.73 Å². The molecule has 0 saturated carbocycles. The second-order valence-corrected chi connectivity index (χ2v) is 3.14. The van der Waals surface area contributed by atoms with Gasteiger partial charge in [-0.15, -0.1) is 4.99 Å². The zero-order chi connectivity index (χ0) is 12.1. The van der Waals surface area contributed by atoms with Crippen LogP contribution in [0.25, 0.3) is 5.69 Å². The quantitative estimate of drug-likeness (QED) is 0.474. The van der Waals surface area contributed by atoms with Crippen molar-refractivity contribution in [1.82, 2.24) is 9.55 Å². The molecule has 0 aromatic carbocycles. The van der Waals surface area contributed by atoms with Crippen molar-refractivity contribution in [2.24, 2.45) is 15.7 Å². The van der Waals surface area contributed by atoms with Gasteiger partial charge in [0.2, 0.25) is 12.0 Å². The topological polar surface area (TPSA) is 85.6 Å². The predicted molar refractivity (Wildman–Crippen MR) is 63.0 cm³/mol. The van der Waals surface area contributed by atoms with Gasteiger partial charge in [-0.25, -0.2) is 9.78 Å². The summed E-state index contributed by atoms with van der Waals surface area (Å²) in [5.41, 5.74) is 6.25. The van der Waals surface area contributed by atoms with E-state index < -0.39 is 0 Å². The van der Waals surface area contributed by atoms with E-state index in [-0.39, 0.29) is 5.96 Å². The highest BCUT2D eigenvalue weighted by atomic mass is 16.1. The van der Waals surface area contributed by atoms with Crippen molar-refractivity contribution < 1.29 is 4.79 Å². The lowest BCUT2D eigenvalue weighted by Gasteiger charge is -2.02. The van der Waals surface area contributed by atoms with Gasteiger partial charge in [0, 0.05) is 24.7 Å². The van der Waals surface area contributed by atoms with Gasteiger partial charge in [0.05, 0.1) is 5.69 Å². The fourth-order valence-corrected chi connectivity index (χ4v) is 1.33. The molecule has 0 aliphatic carbocycles. The first-order valence-corrected chi connectivity index (χ1v) is 4.81. The molecule has 0 spiro atoms. The molecule has 0 atom stereocenters. The molecule has 2 N–H and O–H groups in total. The standard InChI is InChI=1S/C11H9N5O/c12-11(14-8-17)15-10-7-9(3-4-13-10)16-5-1-2-6-16/h1-7H,(H2,12,13,15). The smallest absolute Gasteiger partial charge is 0.243 e. The van der Waals surface area contributed by atoms with Crippen LogP contribution in [0.1, 0.15) is 0 Å². The largest absolute Gasteiger partial charge is 0.367 e. The summed E-state index contributed by atoms with van der Waals surface area (Å²) in [4.78, 5) is 21.0. The minimum Gasteiger partial charge on any atom is -0.367 e. The molecule has 2 rings (SSSR count). The van der Waals surface area contributed by atoms with Gasteiger partial charge in [-0.2, -0.15) is 4.99 Å². The molecule has 0 bridgehead atoms. The summed E-state index contributed by atoms with van der Waals surface area (Å²) in [6.07, 6.45) is 6.72. The number of aromatic nitrogens is 2. The number of aliphatic imine (C=N–C) groups is 2. The molecular weight excluding hydrogens is 218 g/mol. The van der Waals surface area contributed by atoms with Gasteiger partial charge in [-0.3, -0.25) is 0 Å². The molecule has 2 aromatic rings. The molecule has 0 unspecified atom stereocenters. The summed E-state index contributed by atoms with van der Waals surface area (Å²) in [7, 11) is 0. The lowest BCUT2D eigenvalue weighted by atomic mass is 10.4. The number of hydrogen-bond donors (Lipinski definition) is 1. The number of carbonyl (C=O) groups excluding carboxylic acids is 1. The van der Waals surface area contributed by atoms with E-state index in [2.05, 4.69) is 15.0 Å². The van der Waals surface area contributed by atoms with Crippen molar-refractivity contribution in [2.45, 2.75) is 0 Å². The molecule has 17 heavy (non-hydrogen) atoms. The number of pyridine rings is 1. The molecule has 0 fully saturated rings. The van der Waals surface area contributed by atoms with Crippen LogP contribution in [-0.2, 0) is 4.79 Å². The van der Waals surface area contributed by atoms with E-state index in [1.54, 1.807) is 12.3 Å². The van der Waals surface area contributed by atoms with Crippen LogP contribution in [-0.4, -0.2) is 21.6 Å². The zero-order valence-corrected chi connectivity index (χ0v) is 8.82. The van der Waals surface area contributed by atoms with E-state index in [1.165, 1.54) is 6.08 Å². The summed E-state index contributed by atoms with van der Waals surface area (Å²) in [6.45, 7) is 0. The van der Waals surface area contributed by atoms with E-state index in [9.17, 15) is 4.79 Å². The Bertz CT molecular complexity index is 582. The van der Waals surface area contributed by atoms with Crippen LogP contribution in [0.4, 0.5) is 5.82 Å². The number of isocyanates is 1. The van der Waals surface area contributed by atoms with Gasteiger partial charge in [0.15, 0.2) is 5.82 Å². The van der Waals surface area contributed by atoms with Crippen LogP contribution in [0, 0.1) is 0 Å². The van der Waals surface area contributed by atoms with Gasteiger partial charge in [-0.1, -0.05) is 0 Å². The molecule has 0 aliphatic heterocycles. The molecule has 2 heterocycles. The maximum Gasteiger partial charge on any atom is 0.243 e. The maximum absolute atomic E-state index is 9.98. The van der Waals surface area contributed by atoms with E-state index in [0.717, 1.165) is 5.69 Å². The summed E-state index contributed by atoms with van der Waals surface area (Å²) in [5.74, 6) is 0.213. The molecule has 2 aromatic heterocycles. The summed E-state index contributed by atoms with van der Waals surface area (Å²) < 4.78 is 1.90. The van der Waals surface area contributed by atoms with Crippen molar-refractivity contribution in [3.8, 4) is 5.69 Å². The Hall–Kier alpha value is -2.72. The SMILES string of the molecule is NC(N=C=O)=Nc1cc(-n2cccc2)ccn1. The van der Waals surface area contributed by atoms with E-state index >= 15 is 0 Å². The maximum atomic E-state index is 9.98. The second kappa shape index (κ2) is 4.87. The molecule has 0 saturated heterocycles. The molecule has 6 heteroatoms. The van der Waals surface area contributed by atoms with Gasteiger partial charge in [0.1, 0.15) is 0 Å². The first kappa shape index (κ1) is 10.8. The minimum atomic E-state index is -0.169. The first-order chi connectivity index (χ1) is 8.29. The average molecular weight is 227 g/mol. The Morgan fingerprint density at radius 3 is 2.88 bits per heavy atom. The van der Waals surface area contributed by atoms with Crippen molar-refractivity contribution in [3.05, 3.63) is 42.9 Å².